The van der Waals surface area contributed by atoms with Crippen molar-refractivity contribution in [2.45, 2.75) is 25.4 Å². The van der Waals surface area contributed by atoms with Crippen molar-refractivity contribution in [1.82, 2.24) is 4.90 Å². The van der Waals surface area contributed by atoms with E-state index in [4.69, 9.17) is 0 Å². The van der Waals surface area contributed by atoms with Gasteiger partial charge < -0.3 is 4.74 Å². The fourth-order valence-electron chi connectivity index (χ4n) is 2.73. The number of halogens is 3. The van der Waals surface area contributed by atoms with Gasteiger partial charge in [-0.05, 0) is 24.7 Å². The highest BCUT2D eigenvalue weighted by molar-refractivity contribution is 4.87. The number of hydrogen-bond acceptors (Lipinski definition) is 2. The van der Waals surface area contributed by atoms with Crippen molar-refractivity contribution in [2.75, 3.05) is 26.4 Å². The van der Waals surface area contributed by atoms with Crippen LogP contribution in [0, 0.1) is 11.8 Å². The second kappa shape index (κ2) is 4.29. The summed E-state index contributed by atoms with van der Waals surface area (Å²) in [6, 6.07) is 0. The third-order valence-corrected chi connectivity index (χ3v) is 3.34. The normalized spacial score (nSPS) is 32.2. The zero-order valence-corrected chi connectivity index (χ0v) is 8.59. The van der Waals surface area contributed by atoms with E-state index >= 15 is 0 Å². The van der Waals surface area contributed by atoms with E-state index in [9.17, 15) is 13.2 Å². The maximum absolute atomic E-state index is 11.8. The van der Waals surface area contributed by atoms with Crippen molar-refractivity contribution < 1.29 is 17.9 Å². The molecule has 0 N–H and O–H groups in total. The summed E-state index contributed by atoms with van der Waals surface area (Å²) in [5.74, 6) is 1.42. The van der Waals surface area contributed by atoms with E-state index in [1.165, 1.54) is 19.3 Å². The summed E-state index contributed by atoms with van der Waals surface area (Å²) in [4.78, 5) is 2.00. The summed E-state index contributed by atoms with van der Waals surface area (Å²) >= 11 is 0. The first kappa shape index (κ1) is 11.2. The van der Waals surface area contributed by atoms with Crippen molar-refractivity contribution >= 4 is 0 Å². The lowest BCUT2D eigenvalue weighted by Gasteiger charge is -2.17. The van der Waals surface area contributed by atoms with E-state index < -0.39 is 12.8 Å². The Kier molecular flexibility index (Phi) is 3.21. The fourth-order valence-corrected chi connectivity index (χ4v) is 2.73. The predicted molar refractivity (Wildman–Crippen MR) is 49.3 cm³/mol. The number of ether oxygens (including phenoxy) is 1. The van der Waals surface area contributed by atoms with Gasteiger partial charge in [0.05, 0.1) is 6.73 Å². The van der Waals surface area contributed by atoms with E-state index in [-0.39, 0.29) is 6.73 Å². The molecule has 2 atom stereocenters. The SMILES string of the molecule is FC(F)(F)COCN1CC2CCCC2C1. The van der Waals surface area contributed by atoms with Crippen LogP contribution >= 0.6 is 0 Å². The molecule has 1 aliphatic carbocycles. The molecule has 0 aromatic carbocycles. The highest BCUT2D eigenvalue weighted by Gasteiger charge is 2.36. The van der Waals surface area contributed by atoms with Crippen LogP contribution in [0.2, 0.25) is 0 Å². The number of rotatable bonds is 3. The van der Waals surface area contributed by atoms with Gasteiger partial charge in [-0.3, -0.25) is 4.90 Å². The molecular weight excluding hydrogens is 207 g/mol. The molecule has 0 spiro atoms. The average Bonchev–Trinajstić information content (AvgIpc) is 2.60. The number of fused-ring (bicyclic) bond motifs is 1. The minimum atomic E-state index is -4.20. The molecule has 2 rings (SSSR count). The summed E-state index contributed by atoms with van der Waals surface area (Å²) in [6.45, 7) is 0.844. The second-order valence-electron chi connectivity index (χ2n) is 4.58. The Balaban J connectivity index is 1.65. The second-order valence-corrected chi connectivity index (χ2v) is 4.58. The van der Waals surface area contributed by atoms with Crippen LogP contribution in [0.15, 0.2) is 0 Å². The van der Waals surface area contributed by atoms with Crippen molar-refractivity contribution in [1.29, 1.82) is 0 Å². The standard InChI is InChI=1S/C10H16F3NO/c11-10(12,13)6-15-7-14-4-8-2-1-3-9(8)5-14/h8-9H,1-7H2. The molecular formula is C10H16F3NO. The molecule has 1 saturated heterocycles. The largest absolute Gasteiger partial charge is 0.411 e. The van der Waals surface area contributed by atoms with Gasteiger partial charge in [-0.1, -0.05) is 6.42 Å². The van der Waals surface area contributed by atoms with Crippen LogP contribution in [-0.4, -0.2) is 37.5 Å². The monoisotopic (exact) mass is 223 g/mol. The molecule has 15 heavy (non-hydrogen) atoms. The van der Waals surface area contributed by atoms with Crippen molar-refractivity contribution in [3.05, 3.63) is 0 Å². The molecule has 2 aliphatic rings. The first-order chi connectivity index (χ1) is 7.04. The summed E-state index contributed by atoms with van der Waals surface area (Å²) in [7, 11) is 0. The first-order valence-corrected chi connectivity index (χ1v) is 5.41. The molecule has 2 unspecified atom stereocenters. The Bertz CT molecular complexity index is 207. The molecule has 1 saturated carbocycles. The first-order valence-electron chi connectivity index (χ1n) is 5.41. The van der Waals surface area contributed by atoms with Crippen LogP contribution in [0.3, 0.4) is 0 Å². The molecule has 0 bridgehead atoms. The molecule has 0 amide bonds. The minimum absolute atomic E-state index is 0.131. The molecule has 0 radical (unpaired) electrons. The van der Waals surface area contributed by atoms with Gasteiger partial charge in [-0.15, -0.1) is 0 Å². The van der Waals surface area contributed by atoms with Gasteiger partial charge >= 0.3 is 6.18 Å². The van der Waals surface area contributed by atoms with E-state index in [1.807, 2.05) is 4.90 Å². The van der Waals surface area contributed by atoms with Crippen LogP contribution in [0.25, 0.3) is 0 Å². The average molecular weight is 223 g/mol. The van der Waals surface area contributed by atoms with Gasteiger partial charge in [0.15, 0.2) is 0 Å². The number of alkyl halides is 3. The lowest BCUT2D eigenvalue weighted by Crippen LogP contribution is -2.28. The molecule has 1 heterocycles. The van der Waals surface area contributed by atoms with Gasteiger partial charge in [0.1, 0.15) is 6.61 Å². The third-order valence-electron chi connectivity index (χ3n) is 3.34. The lowest BCUT2D eigenvalue weighted by molar-refractivity contribution is -0.182. The summed E-state index contributed by atoms with van der Waals surface area (Å²) in [6.07, 6.45) is -0.441. The number of hydrogen-bond donors (Lipinski definition) is 0. The Labute approximate surface area is 87.4 Å². The molecule has 1 aliphatic heterocycles. The van der Waals surface area contributed by atoms with Gasteiger partial charge in [-0.25, -0.2) is 0 Å². The zero-order chi connectivity index (χ0) is 10.9. The number of nitrogens with zero attached hydrogens (tertiary/aromatic N) is 1. The number of likely N-dealkylation sites (tertiary alicyclic amines) is 1. The predicted octanol–water partition coefficient (Wildman–Crippen LogP) is 2.25. The quantitative estimate of drug-likeness (QED) is 0.727. The van der Waals surface area contributed by atoms with Gasteiger partial charge in [-0.2, -0.15) is 13.2 Å². The van der Waals surface area contributed by atoms with E-state index in [0.29, 0.717) is 11.8 Å². The van der Waals surface area contributed by atoms with Crippen LogP contribution < -0.4 is 0 Å². The van der Waals surface area contributed by atoms with Crippen molar-refractivity contribution in [3.8, 4) is 0 Å². The molecule has 5 heteroatoms. The van der Waals surface area contributed by atoms with Crippen molar-refractivity contribution in [2.24, 2.45) is 11.8 Å². The van der Waals surface area contributed by atoms with E-state index in [0.717, 1.165) is 13.1 Å². The smallest absolute Gasteiger partial charge is 0.357 e. The summed E-state index contributed by atoms with van der Waals surface area (Å²) < 4.78 is 40.1. The van der Waals surface area contributed by atoms with Crippen LogP contribution in [-0.2, 0) is 4.74 Å². The highest BCUT2D eigenvalue weighted by Crippen LogP contribution is 2.37. The van der Waals surface area contributed by atoms with Crippen molar-refractivity contribution in [3.63, 3.8) is 0 Å². The summed E-state index contributed by atoms with van der Waals surface area (Å²) in [5.41, 5.74) is 0. The van der Waals surface area contributed by atoms with Gasteiger partial charge in [0, 0.05) is 13.1 Å². The maximum atomic E-state index is 11.8. The van der Waals surface area contributed by atoms with Gasteiger partial charge in [0.2, 0.25) is 0 Å². The van der Waals surface area contributed by atoms with Crippen LogP contribution in [0.5, 0.6) is 0 Å². The van der Waals surface area contributed by atoms with Crippen LogP contribution in [0.4, 0.5) is 13.2 Å². The Hall–Kier alpha value is -0.290. The molecule has 2 fully saturated rings. The Morgan fingerprint density at radius 1 is 1.13 bits per heavy atom. The highest BCUT2D eigenvalue weighted by atomic mass is 19.4. The molecule has 0 aromatic rings. The molecule has 0 aromatic heterocycles. The fraction of sp³-hybridized carbons (Fsp3) is 1.00. The Morgan fingerprint density at radius 3 is 2.27 bits per heavy atom. The zero-order valence-electron chi connectivity index (χ0n) is 8.59. The van der Waals surface area contributed by atoms with Crippen LogP contribution in [0.1, 0.15) is 19.3 Å². The van der Waals surface area contributed by atoms with Gasteiger partial charge in [0.25, 0.3) is 0 Å². The third kappa shape index (κ3) is 3.08. The van der Waals surface area contributed by atoms with E-state index in [1.54, 1.807) is 0 Å². The lowest BCUT2D eigenvalue weighted by atomic mass is 10.0. The molecule has 2 nitrogen and oxygen atoms in total. The topological polar surface area (TPSA) is 12.5 Å². The molecule has 88 valence electrons. The summed E-state index contributed by atoms with van der Waals surface area (Å²) in [5, 5.41) is 0. The maximum Gasteiger partial charge on any atom is 0.411 e. The van der Waals surface area contributed by atoms with E-state index in [2.05, 4.69) is 4.74 Å². The Morgan fingerprint density at radius 2 is 1.73 bits per heavy atom. The minimum Gasteiger partial charge on any atom is -0.357 e.